The molecule has 9 rings (SSSR count). The SMILES string of the molecule is B1c2sc3ccccc3c2Nc2cccc3c2CCC1C1Sc2ccccc2C1N3c1ccc(-c2ccccc2)cc1. The van der Waals surface area contributed by atoms with E-state index in [-0.39, 0.29) is 6.04 Å². The molecule has 6 aromatic rings. The van der Waals surface area contributed by atoms with E-state index in [1.807, 2.05) is 11.3 Å². The molecule has 1 N–H and O–H groups in total. The van der Waals surface area contributed by atoms with Crippen LogP contribution >= 0.6 is 23.1 Å². The zero-order valence-electron chi connectivity index (χ0n) is 23.2. The summed E-state index contributed by atoms with van der Waals surface area (Å²) in [7, 11) is 1.11. The van der Waals surface area contributed by atoms with Gasteiger partial charge in [0.05, 0.1) is 11.7 Å². The molecule has 0 aliphatic carbocycles. The van der Waals surface area contributed by atoms with Crippen LogP contribution < -0.4 is 15.0 Å². The summed E-state index contributed by atoms with van der Waals surface area (Å²) >= 11 is 4.10. The van der Waals surface area contributed by atoms with Crippen molar-refractivity contribution in [2.24, 2.45) is 0 Å². The van der Waals surface area contributed by atoms with Crippen LogP contribution in [0.15, 0.2) is 126 Å². The van der Waals surface area contributed by atoms with Crippen LogP contribution in [0, 0.1) is 0 Å². The Morgan fingerprint density at radius 1 is 0.738 bits per heavy atom. The van der Waals surface area contributed by atoms with Crippen LogP contribution in [-0.4, -0.2) is 12.5 Å². The number of fused-ring (bicyclic) bond motifs is 9. The molecule has 42 heavy (non-hydrogen) atoms. The molecule has 0 saturated carbocycles. The standard InChI is InChI=1S/C37H29BN2S2/c1-2-9-23(10-3-1)24-17-19-25(20-18-24)40-31-14-8-13-30-26(31)21-22-29(36-35(40)28-12-5-7-16-33(28)41-36)38-37-34(39-30)27-11-4-6-15-32(27)42-37/h1-20,29,35-36,38-39H,21-22H2. The summed E-state index contributed by atoms with van der Waals surface area (Å²) in [4.78, 5) is 4.12. The normalized spacial score (nSPS) is 20.2. The van der Waals surface area contributed by atoms with Crippen molar-refractivity contribution in [3.05, 3.63) is 132 Å². The minimum atomic E-state index is 0.268. The summed E-state index contributed by atoms with van der Waals surface area (Å²) in [6.45, 7) is 0. The predicted molar refractivity (Wildman–Crippen MR) is 183 cm³/mol. The fourth-order valence-corrected chi connectivity index (χ4v) is 10.2. The highest BCUT2D eigenvalue weighted by Gasteiger charge is 2.45. The van der Waals surface area contributed by atoms with Gasteiger partial charge >= 0.3 is 0 Å². The Hall–Kier alpha value is -3.93. The van der Waals surface area contributed by atoms with Crippen molar-refractivity contribution < 1.29 is 0 Å². The maximum atomic E-state index is 3.99. The third-order valence-corrected chi connectivity index (χ3v) is 12.1. The molecule has 0 saturated heterocycles. The van der Waals surface area contributed by atoms with Gasteiger partial charge in [-0.2, -0.15) is 0 Å². The number of benzene rings is 5. The maximum absolute atomic E-state index is 3.99. The lowest BCUT2D eigenvalue weighted by molar-refractivity contribution is 0.581. The van der Waals surface area contributed by atoms with Crippen molar-refractivity contribution in [2.45, 2.75) is 34.8 Å². The summed E-state index contributed by atoms with van der Waals surface area (Å²) in [5, 5.41) is 5.80. The zero-order chi connectivity index (χ0) is 27.6. The lowest BCUT2D eigenvalue weighted by Crippen LogP contribution is -2.37. The van der Waals surface area contributed by atoms with E-state index in [2.05, 4.69) is 143 Å². The zero-order valence-corrected chi connectivity index (χ0v) is 24.8. The monoisotopic (exact) mass is 576 g/mol. The van der Waals surface area contributed by atoms with Crippen LogP contribution in [0.25, 0.3) is 21.2 Å². The first kappa shape index (κ1) is 24.7. The number of nitrogens with one attached hydrogen (secondary N) is 1. The Morgan fingerprint density at radius 2 is 1.52 bits per heavy atom. The fourth-order valence-electron chi connectivity index (χ4n) is 7.40. The Morgan fingerprint density at radius 3 is 2.43 bits per heavy atom. The van der Waals surface area contributed by atoms with Gasteiger partial charge in [0.25, 0.3) is 0 Å². The summed E-state index contributed by atoms with van der Waals surface area (Å²) in [6, 6.07) is 45.2. The van der Waals surface area contributed by atoms with Gasteiger partial charge in [0.15, 0.2) is 7.28 Å². The van der Waals surface area contributed by atoms with E-state index >= 15 is 0 Å². The fraction of sp³-hybridized carbons (Fsp3) is 0.135. The van der Waals surface area contributed by atoms with Crippen LogP contribution in [0.1, 0.15) is 23.6 Å². The first-order valence-electron chi connectivity index (χ1n) is 14.9. The van der Waals surface area contributed by atoms with Crippen molar-refractivity contribution in [3.8, 4) is 11.1 Å². The second-order valence-corrected chi connectivity index (χ2v) is 14.0. The molecule has 5 heteroatoms. The molecule has 1 aromatic heterocycles. The molecular formula is C37H29BN2S2. The quantitative estimate of drug-likeness (QED) is 0.207. The van der Waals surface area contributed by atoms with Gasteiger partial charge < -0.3 is 10.2 Å². The number of hydrogen-bond donors (Lipinski definition) is 1. The Kier molecular flexibility index (Phi) is 5.77. The van der Waals surface area contributed by atoms with Crippen molar-refractivity contribution in [1.29, 1.82) is 0 Å². The number of rotatable bonds is 2. The molecule has 3 unspecified atom stereocenters. The molecular weight excluding hydrogens is 547 g/mol. The lowest BCUT2D eigenvalue weighted by atomic mass is 9.58. The molecule has 0 spiro atoms. The highest BCUT2D eigenvalue weighted by Crippen LogP contribution is 2.57. The second-order valence-electron chi connectivity index (χ2n) is 11.7. The van der Waals surface area contributed by atoms with Gasteiger partial charge in [-0.1, -0.05) is 91.3 Å². The summed E-state index contributed by atoms with van der Waals surface area (Å²) < 4.78 is 2.87. The minimum Gasteiger partial charge on any atom is -0.355 e. The Bertz CT molecular complexity index is 1950. The summed E-state index contributed by atoms with van der Waals surface area (Å²) in [6.07, 6.45) is 2.27. The van der Waals surface area contributed by atoms with Crippen molar-refractivity contribution in [3.63, 3.8) is 0 Å². The van der Waals surface area contributed by atoms with Gasteiger partial charge in [0.1, 0.15) is 0 Å². The molecule has 3 aliphatic heterocycles. The maximum Gasteiger partial charge on any atom is 0.178 e. The van der Waals surface area contributed by atoms with Crippen molar-refractivity contribution >= 4 is 68.0 Å². The molecule has 4 heterocycles. The minimum absolute atomic E-state index is 0.268. The summed E-state index contributed by atoms with van der Waals surface area (Å²) in [5.74, 6) is 0.561. The van der Waals surface area contributed by atoms with Gasteiger partial charge in [-0.25, -0.2) is 0 Å². The Labute approximate surface area is 255 Å². The van der Waals surface area contributed by atoms with Crippen LogP contribution in [0.2, 0.25) is 5.82 Å². The third kappa shape index (κ3) is 3.87. The van der Waals surface area contributed by atoms with Gasteiger partial charge in [-0.15, -0.1) is 23.1 Å². The number of thiophene rings is 1. The van der Waals surface area contributed by atoms with Gasteiger partial charge in [0, 0.05) is 37.3 Å². The molecule has 3 atom stereocenters. The smallest absolute Gasteiger partial charge is 0.178 e. The van der Waals surface area contributed by atoms with Crippen LogP contribution in [-0.2, 0) is 6.42 Å². The molecule has 2 nitrogen and oxygen atoms in total. The number of nitrogens with zero attached hydrogens (tertiary/aromatic N) is 1. The highest BCUT2D eigenvalue weighted by atomic mass is 32.2. The molecule has 5 aromatic carbocycles. The average molecular weight is 577 g/mol. The van der Waals surface area contributed by atoms with Gasteiger partial charge in [-0.05, 0) is 75.7 Å². The first-order chi connectivity index (χ1) is 20.8. The molecule has 2 bridgehead atoms. The van der Waals surface area contributed by atoms with E-state index < -0.39 is 0 Å². The highest BCUT2D eigenvalue weighted by molar-refractivity contribution is 8.00. The molecule has 0 amide bonds. The van der Waals surface area contributed by atoms with Crippen LogP contribution in [0.5, 0.6) is 0 Å². The number of thioether (sulfide) groups is 1. The molecule has 0 radical (unpaired) electrons. The summed E-state index contributed by atoms with van der Waals surface area (Å²) in [5.41, 5.74) is 10.6. The van der Waals surface area contributed by atoms with E-state index in [0.29, 0.717) is 11.1 Å². The molecule has 0 fully saturated rings. The topological polar surface area (TPSA) is 15.3 Å². The first-order valence-corrected chi connectivity index (χ1v) is 16.6. The number of anilines is 4. The van der Waals surface area contributed by atoms with Crippen LogP contribution in [0.4, 0.5) is 22.7 Å². The van der Waals surface area contributed by atoms with E-state index in [9.17, 15) is 0 Å². The van der Waals surface area contributed by atoms with Crippen molar-refractivity contribution in [1.82, 2.24) is 0 Å². The van der Waals surface area contributed by atoms with Gasteiger partial charge in [-0.3, -0.25) is 0 Å². The van der Waals surface area contributed by atoms with E-state index in [4.69, 9.17) is 0 Å². The van der Waals surface area contributed by atoms with E-state index in [1.54, 1.807) is 0 Å². The predicted octanol–water partition coefficient (Wildman–Crippen LogP) is 9.48. The largest absolute Gasteiger partial charge is 0.355 e. The Balaban J connectivity index is 1.27. The van der Waals surface area contributed by atoms with E-state index in [0.717, 1.165) is 13.7 Å². The third-order valence-electron chi connectivity index (χ3n) is 9.36. The van der Waals surface area contributed by atoms with Gasteiger partial charge in [0.2, 0.25) is 0 Å². The lowest BCUT2D eigenvalue weighted by Gasteiger charge is -2.41. The molecule has 3 aliphatic rings. The second kappa shape index (κ2) is 9.83. The van der Waals surface area contributed by atoms with Crippen LogP contribution in [0.3, 0.4) is 0 Å². The molecule has 202 valence electrons. The van der Waals surface area contributed by atoms with Crippen molar-refractivity contribution in [2.75, 3.05) is 10.2 Å². The van der Waals surface area contributed by atoms with E-state index in [1.165, 1.54) is 71.2 Å². The number of hydrogen-bond acceptors (Lipinski definition) is 4. The average Bonchev–Trinajstić information content (AvgIpc) is 3.59.